The van der Waals surface area contributed by atoms with Crippen LogP contribution in [-0.4, -0.2) is 27.8 Å². The maximum atomic E-state index is 13.0. The molecule has 1 amide bonds. The van der Waals surface area contributed by atoms with E-state index in [4.69, 9.17) is 4.98 Å². The Balaban J connectivity index is 1.41. The summed E-state index contributed by atoms with van der Waals surface area (Å²) < 4.78 is 1.61. The summed E-state index contributed by atoms with van der Waals surface area (Å²) in [6.45, 7) is 0.724. The average Bonchev–Trinajstić information content (AvgIpc) is 3.30. The zero-order valence-electron chi connectivity index (χ0n) is 15.7. The molecule has 1 aromatic carbocycles. The lowest BCUT2D eigenvalue weighted by Crippen LogP contribution is -2.31. The molecule has 0 unspecified atom stereocenters. The van der Waals surface area contributed by atoms with E-state index in [1.165, 1.54) is 34.2 Å². The van der Waals surface area contributed by atoms with E-state index in [9.17, 15) is 9.59 Å². The van der Waals surface area contributed by atoms with Gasteiger partial charge in [-0.15, -0.1) is 11.3 Å². The maximum Gasteiger partial charge on any atom is 0.262 e. The van der Waals surface area contributed by atoms with E-state index in [2.05, 4.69) is 6.07 Å². The van der Waals surface area contributed by atoms with Crippen LogP contribution in [0.1, 0.15) is 28.8 Å². The van der Waals surface area contributed by atoms with Gasteiger partial charge in [-0.3, -0.25) is 14.2 Å². The fourth-order valence-corrected chi connectivity index (χ4v) is 6.35. The molecule has 0 bridgehead atoms. The lowest BCUT2D eigenvalue weighted by atomic mass is 9.97. The summed E-state index contributed by atoms with van der Waals surface area (Å²) in [6.07, 6.45) is 5.26. The number of thiophene rings is 1. The second-order valence-electron chi connectivity index (χ2n) is 7.36. The summed E-state index contributed by atoms with van der Waals surface area (Å²) in [5, 5.41) is 1.42. The highest BCUT2D eigenvalue weighted by Gasteiger charge is 2.25. The van der Waals surface area contributed by atoms with Crippen LogP contribution in [0.15, 0.2) is 34.2 Å². The molecule has 5 rings (SSSR count). The Morgan fingerprint density at radius 1 is 1.21 bits per heavy atom. The van der Waals surface area contributed by atoms with Crippen LogP contribution in [0.2, 0.25) is 0 Å². The van der Waals surface area contributed by atoms with Gasteiger partial charge in [-0.2, -0.15) is 0 Å². The van der Waals surface area contributed by atoms with Gasteiger partial charge in [0.05, 0.1) is 11.1 Å². The van der Waals surface area contributed by atoms with E-state index in [1.54, 1.807) is 23.0 Å². The molecule has 3 heterocycles. The quantitative estimate of drug-likeness (QED) is 0.489. The van der Waals surface area contributed by atoms with Gasteiger partial charge in [0.25, 0.3) is 5.56 Å². The first-order chi connectivity index (χ1) is 13.6. The Morgan fingerprint density at radius 2 is 2.04 bits per heavy atom. The monoisotopic (exact) mass is 411 g/mol. The minimum Gasteiger partial charge on any atom is -0.311 e. The van der Waals surface area contributed by atoms with Crippen molar-refractivity contribution in [3.63, 3.8) is 0 Å². The second-order valence-corrected chi connectivity index (χ2v) is 9.39. The Hall–Kier alpha value is -2.12. The molecular formula is C21H21N3O2S2. The number of carbonyl (C=O) groups excluding carboxylic acids is 1. The number of fused-ring (bicyclic) bond motifs is 4. The summed E-state index contributed by atoms with van der Waals surface area (Å²) >= 11 is 3.01. The van der Waals surface area contributed by atoms with Crippen LogP contribution in [0.4, 0.5) is 5.69 Å². The first-order valence-electron chi connectivity index (χ1n) is 9.66. The third-order valence-electron chi connectivity index (χ3n) is 5.67. The predicted molar refractivity (Wildman–Crippen MR) is 115 cm³/mol. The zero-order valence-corrected chi connectivity index (χ0v) is 17.4. The van der Waals surface area contributed by atoms with Crippen LogP contribution in [0, 0.1) is 0 Å². The molecule has 0 saturated heterocycles. The number of amides is 1. The van der Waals surface area contributed by atoms with Gasteiger partial charge in [-0.1, -0.05) is 30.0 Å². The third kappa shape index (κ3) is 2.88. The maximum absolute atomic E-state index is 13.0. The summed E-state index contributed by atoms with van der Waals surface area (Å²) in [5.74, 6) is 0.348. The highest BCUT2D eigenvalue weighted by Crippen LogP contribution is 2.35. The number of benzene rings is 1. The number of aryl methyl sites for hydroxylation is 2. The normalized spacial score (nSPS) is 15.7. The summed E-state index contributed by atoms with van der Waals surface area (Å²) in [4.78, 5) is 34.5. The van der Waals surface area contributed by atoms with E-state index in [0.29, 0.717) is 5.16 Å². The van der Waals surface area contributed by atoms with E-state index in [-0.39, 0.29) is 17.2 Å². The summed E-state index contributed by atoms with van der Waals surface area (Å²) in [7, 11) is 1.76. The first kappa shape index (κ1) is 17.9. The number of hydrogen-bond donors (Lipinski definition) is 0. The number of thioether (sulfide) groups is 1. The van der Waals surface area contributed by atoms with Gasteiger partial charge in [-0.25, -0.2) is 4.98 Å². The van der Waals surface area contributed by atoms with Crippen LogP contribution < -0.4 is 10.5 Å². The number of rotatable bonds is 3. The Bertz CT molecular complexity index is 1150. The van der Waals surface area contributed by atoms with E-state index in [0.717, 1.165) is 48.1 Å². The number of carbonyl (C=O) groups is 1. The summed E-state index contributed by atoms with van der Waals surface area (Å²) in [6, 6.07) is 8.06. The molecule has 0 radical (unpaired) electrons. The minimum atomic E-state index is 0.0193. The van der Waals surface area contributed by atoms with Gasteiger partial charge < -0.3 is 4.90 Å². The van der Waals surface area contributed by atoms with Crippen molar-refractivity contribution in [2.75, 3.05) is 17.2 Å². The number of anilines is 1. The first-order valence-corrected chi connectivity index (χ1v) is 11.5. The Kier molecular flexibility index (Phi) is 4.51. The van der Waals surface area contributed by atoms with Crippen LogP contribution in [0.3, 0.4) is 0 Å². The molecule has 3 aromatic rings. The van der Waals surface area contributed by atoms with Gasteiger partial charge in [-0.05, 0) is 49.3 Å². The van der Waals surface area contributed by atoms with Crippen molar-refractivity contribution in [1.29, 1.82) is 0 Å². The fourth-order valence-electron chi connectivity index (χ4n) is 4.20. The molecule has 0 fully saturated rings. The van der Waals surface area contributed by atoms with Crippen LogP contribution in [0.25, 0.3) is 10.2 Å². The van der Waals surface area contributed by atoms with Crippen molar-refractivity contribution in [3.8, 4) is 0 Å². The third-order valence-corrected chi connectivity index (χ3v) is 7.87. The number of nitrogens with zero attached hydrogens (tertiary/aromatic N) is 3. The van der Waals surface area contributed by atoms with E-state index >= 15 is 0 Å². The Morgan fingerprint density at radius 3 is 2.93 bits per heavy atom. The molecule has 0 saturated carbocycles. The molecule has 144 valence electrons. The standard InChI is InChI=1S/C21H21N3O2S2/c1-23-20(26)18-14-7-3-5-9-16(14)28-19(18)22-21(23)27-12-17(25)24-11-10-13-6-2-4-8-15(13)24/h2,4,6,8H,3,5,7,9-12H2,1H3. The molecule has 1 aliphatic heterocycles. The molecule has 0 spiro atoms. The smallest absolute Gasteiger partial charge is 0.262 e. The van der Waals surface area contributed by atoms with Crippen molar-refractivity contribution in [3.05, 3.63) is 50.6 Å². The molecule has 0 atom stereocenters. The molecule has 0 N–H and O–H groups in total. The van der Waals surface area contributed by atoms with Gasteiger partial charge in [0.2, 0.25) is 5.91 Å². The van der Waals surface area contributed by atoms with Crippen molar-refractivity contribution < 1.29 is 4.79 Å². The molecule has 1 aliphatic carbocycles. The molecule has 7 heteroatoms. The highest BCUT2D eigenvalue weighted by atomic mass is 32.2. The van der Waals surface area contributed by atoms with Crippen molar-refractivity contribution in [1.82, 2.24) is 9.55 Å². The summed E-state index contributed by atoms with van der Waals surface area (Å²) in [5.41, 5.74) is 3.46. The van der Waals surface area contributed by atoms with Gasteiger partial charge >= 0.3 is 0 Å². The van der Waals surface area contributed by atoms with Crippen LogP contribution >= 0.6 is 23.1 Å². The number of aromatic nitrogens is 2. The van der Waals surface area contributed by atoms with Crippen molar-refractivity contribution in [2.45, 2.75) is 37.3 Å². The number of hydrogen-bond acceptors (Lipinski definition) is 5. The average molecular weight is 412 g/mol. The van der Waals surface area contributed by atoms with Gasteiger partial charge in [0.15, 0.2) is 5.16 Å². The lowest BCUT2D eigenvalue weighted by molar-refractivity contribution is -0.116. The van der Waals surface area contributed by atoms with Crippen molar-refractivity contribution in [2.24, 2.45) is 7.05 Å². The van der Waals surface area contributed by atoms with Crippen LogP contribution in [-0.2, 0) is 31.1 Å². The minimum absolute atomic E-state index is 0.0193. The van der Waals surface area contributed by atoms with E-state index < -0.39 is 0 Å². The molecule has 2 aliphatic rings. The highest BCUT2D eigenvalue weighted by molar-refractivity contribution is 7.99. The SMILES string of the molecule is Cn1c(SCC(=O)N2CCc3ccccc32)nc2sc3c(c2c1=O)CCCC3. The predicted octanol–water partition coefficient (Wildman–Crippen LogP) is 3.56. The van der Waals surface area contributed by atoms with Gasteiger partial charge in [0.1, 0.15) is 4.83 Å². The molecule has 2 aromatic heterocycles. The molecule has 28 heavy (non-hydrogen) atoms. The lowest BCUT2D eigenvalue weighted by Gasteiger charge is -2.17. The second kappa shape index (κ2) is 7.04. The molecule has 5 nitrogen and oxygen atoms in total. The van der Waals surface area contributed by atoms with Crippen LogP contribution in [0.5, 0.6) is 0 Å². The fraction of sp³-hybridized carbons (Fsp3) is 0.381. The molecular weight excluding hydrogens is 390 g/mol. The Labute approximate surface area is 171 Å². The largest absolute Gasteiger partial charge is 0.311 e. The van der Waals surface area contributed by atoms with Crippen molar-refractivity contribution >= 4 is 44.9 Å². The number of para-hydroxylation sites is 1. The van der Waals surface area contributed by atoms with E-state index in [1.807, 2.05) is 23.1 Å². The van der Waals surface area contributed by atoms with Gasteiger partial charge in [0, 0.05) is 24.2 Å². The zero-order chi connectivity index (χ0) is 19.3. The topological polar surface area (TPSA) is 55.2 Å².